The van der Waals surface area contributed by atoms with Gasteiger partial charge in [0.15, 0.2) is 0 Å². The zero-order chi connectivity index (χ0) is 17.7. The highest BCUT2D eigenvalue weighted by Crippen LogP contribution is 2.30. The summed E-state index contributed by atoms with van der Waals surface area (Å²) < 4.78 is 0. The minimum absolute atomic E-state index is 0.106. The van der Waals surface area contributed by atoms with E-state index < -0.39 is 5.54 Å². The van der Waals surface area contributed by atoms with E-state index >= 15 is 0 Å². The molecule has 1 saturated heterocycles. The molecule has 136 valence electrons. The maximum atomic E-state index is 13.2. The second-order valence-electron chi connectivity index (χ2n) is 7.25. The number of nitrogens with zero attached hydrogens (tertiary/aromatic N) is 3. The molecule has 1 N–H and O–H groups in total. The number of aromatic nitrogens is 1. The lowest BCUT2D eigenvalue weighted by molar-refractivity contribution is -0.144. The van der Waals surface area contributed by atoms with Crippen molar-refractivity contribution in [2.45, 2.75) is 51.1 Å². The zero-order valence-electron chi connectivity index (χ0n) is 15.0. The van der Waals surface area contributed by atoms with Gasteiger partial charge in [0.1, 0.15) is 5.54 Å². The van der Waals surface area contributed by atoms with Gasteiger partial charge in [0, 0.05) is 52.0 Å². The van der Waals surface area contributed by atoms with Crippen LogP contribution in [0, 0.1) is 0 Å². The molecule has 1 saturated carbocycles. The van der Waals surface area contributed by atoms with Gasteiger partial charge in [0.2, 0.25) is 11.8 Å². The Kier molecular flexibility index (Phi) is 5.68. The molecule has 2 fully saturated rings. The molecule has 0 atom stereocenters. The molecule has 0 unspecified atom stereocenters. The number of piperazine rings is 1. The molecular weight excluding hydrogens is 316 g/mol. The maximum absolute atomic E-state index is 13.2. The predicted molar refractivity (Wildman–Crippen MR) is 95.7 cm³/mol. The Morgan fingerprint density at radius 2 is 1.88 bits per heavy atom. The fraction of sp³-hybridized carbons (Fsp3) is 0.632. The number of amides is 2. The fourth-order valence-electron chi connectivity index (χ4n) is 4.05. The summed E-state index contributed by atoms with van der Waals surface area (Å²) in [6.45, 7) is 5.54. The van der Waals surface area contributed by atoms with Crippen molar-refractivity contribution in [2.24, 2.45) is 0 Å². The van der Waals surface area contributed by atoms with Crippen LogP contribution in [0.4, 0.5) is 0 Å². The molecule has 0 bridgehead atoms. The summed E-state index contributed by atoms with van der Waals surface area (Å²) in [5.41, 5.74) is 0.527. The lowest BCUT2D eigenvalue weighted by atomic mass is 9.80. The third kappa shape index (κ3) is 4.37. The molecule has 25 heavy (non-hydrogen) atoms. The molecule has 2 amide bonds. The van der Waals surface area contributed by atoms with Crippen molar-refractivity contribution >= 4 is 11.8 Å². The number of hydrogen-bond donors (Lipinski definition) is 1. The second-order valence-corrected chi connectivity index (χ2v) is 7.25. The topological polar surface area (TPSA) is 65.5 Å². The first kappa shape index (κ1) is 17.9. The lowest BCUT2D eigenvalue weighted by Gasteiger charge is -2.43. The molecule has 2 aliphatic rings. The molecule has 0 aromatic carbocycles. The van der Waals surface area contributed by atoms with E-state index in [1.807, 2.05) is 17.2 Å². The van der Waals surface area contributed by atoms with Gasteiger partial charge in [-0.05, 0) is 24.5 Å². The fourth-order valence-corrected chi connectivity index (χ4v) is 4.05. The normalized spacial score (nSPS) is 20.9. The Morgan fingerprint density at radius 1 is 1.16 bits per heavy atom. The van der Waals surface area contributed by atoms with Gasteiger partial charge in [-0.3, -0.25) is 19.5 Å². The third-order valence-electron chi connectivity index (χ3n) is 5.32. The van der Waals surface area contributed by atoms with Crippen molar-refractivity contribution in [2.75, 3.05) is 26.2 Å². The highest BCUT2D eigenvalue weighted by molar-refractivity contribution is 5.91. The Labute approximate surface area is 149 Å². The Morgan fingerprint density at radius 3 is 2.48 bits per heavy atom. The summed E-state index contributed by atoms with van der Waals surface area (Å²) in [7, 11) is 0. The Hall–Kier alpha value is -1.95. The molecule has 6 heteroatoms. The summed E-state index contributed by atoms with van der Waals surface area (Å²) in [4.78, 5) is 33.3. The van der Waals surface area contributed by atoms with E-state index in [0.717, 1.165) is 64.8 Å². The van der Waals surface area contributed by atoms with Crippen molar-refractivity contribution in [3.63, 3.8) is 0 Å². The average molecular weight is 344 g/mol. The largest absolute Gasteiger partial charge is 0.342 e. The molecule has 3 rings (SSSR count). The monoisotopic (exact) mass is 344 g/mol. The van der Waals surface area contributed by atoms with Crippen LogP contribution in [0.2, 0.25) is 0 Å². The van der Waals surface area contributed by atoms with Crippen molar-refractivity contribution in [3.8, 4) is 0 Å². The second kappa shape index (κ2) is 7.95. The summed E-state index contributed by atoms with van der Waals surface area (Å²) in [6, 6.07) is 4.04. The highest BCUT2D eigenvalue weighted by atomic mass is 16.2. The smallest absolute Gasteiger partial charge is 0.248 e. The molecule has 0 spiro atoms. The predicted octanol–water partition coefficient (Wildman–Crippen LogP) is 1.56. The van der Waals surface area contributed by atoms with Gasteiger partial charge >= 0.3 is 0 Å². The van der Waals surface area contributed by atoms with E-state index in [1.54, 1.807) is 6.20 Å². The van der Waals surface area contributed by atoms with Crippen LogP contribution in [-0.4, -0.2) is 58.3 Å². The van der Waals surface area contributed by atoms with Crippen LogP contribution in [0.25, 0.3) is 0 Å². The number of pyridine rings is 1. The molecular formula is C19H28N4O2. The quantitative estimate of drug-likeness (QED) is 0.900. The van der Waals surface area contributed by atoms with Gasteiger partial charge in [-0.15, -0.1) is 0 Å². The number of carbonyl (C=O) groups is 2. The molecule has 2 heterocycles. The van der Waals surface area contributed by atoms with Gasteiger partial charge < -0.3 is 10.2 Å². The van der Waals surface area contributed by atoms with E-state index in [1.165, 1.54) is 12.5 Å². The minimum atomic E-state index is -0.671. The number of carbonyl (C=O) groups excluding carboxylic acids is 2. The standard InChI is InChI=1S/C19H28N4O2/c1-16(24)21-19(7-3-2-4-8-19)18(25)23-12-10-22(11-13-23)15-17-6-5-9-20-14-17/h5-6,9,14H,2-4,7-8,10-13,15H2,1H3,(H,21,24). The Balaban J connectivity index is 1.59. The number of hydrogen-bond acceptors (Lipinski definition) is 4. The van der Waals surface area contributed by atoms with E-state index in [9.17, 15) is 9.59 Å². The molecule has 1 aromatic heterocycles. The van der Waals surface area contributed by atoms with E-state index in [4.69, 9.17) is 0 Å². The SMILES string of the molecule is CC(=O)NC1(C(=O)N2CCN(Cc3cccnc3)CC2)CCCCC1. The van der Waals surface area contributed by atoms with Crippen LogP contribution >= 0.6 is 0 Å². The maximum Gasteiger partial charge on any atom is 0.248 e. The summed E-state index contributed by atoms with van der Waals surface area (Å²) in [5.74, 6) is 0.00823. The molecule has 1 aromatic rings. The van der Waals surface area contributed by atoms with E-state index in [0.29, 0.717) is 0 Å². The van der Waals surface area contributed by atoms with Crippen LogP contribution in [0.1, 0.15) is 44.6 Å². The Bertz CT molecular complexity index is 591. The van der Waals surface area contributed by atoms with Crippen LogP contribution in [0.3, 0.4) is 0 Å². The van der Waals surface area contributed by atoms with Crippen molar-refractivity contribution in [1.82, 2.24) is 20.1 Å². The van der Waals surface area contributed by atoms with Gasteiger partial charge in [-0.25, -0.2) is 0 Å². The third-order valence-corrected chi connectivity index (χ3v) is 5.32. The van der Waals surface area contributed by atoms with Crippen LogP contribution < -0.4 is 5.32 Å². The van der Waals surface area contributed by atoms with E-state index in [2.05, 4.69) is 21.3 Å². The molecule has 6 nitrogen and oxygen atoms in total. The van der Waals surface area contributed by atoms with Crippen LogP contribution in [0.5, 0.6) is 0 Å². The molecule has 1 aliphatic heterocycles. The summed E-state index contributed by atoms with van der Waals surface area (Å²) >= 11 is 0. The lowest BCUT2D eigenvalue weighted by Crippen LogP contribution is -2.62. The zero-order valence-corrected chi connectivity index (χ0v) is 15.0. The average Bonchev–Trinajstić information content (AvgIpc) is 2.63. The molecule has 1 aliphatic carbocycles. The first-order valence-electron chi connectivity index (χ1n) is 9.28. The molecule has 0 radical (unpaired) electrons. The minimum Gasteiger partial charge on any atom is -0.342 e. The van der Waals surface area contributed by atoms with Crippen molar-refractivity contribution in [3.05, 3.63) is 30.1 Å². The van der Waals surface area contributed by atoms with Gasteiger partial charge in [-0.2, -0.15) is 0 Å². The van der Waals surface area contributed by atoms with Gasteiger partial charge in [-0.1, -0.05) is 25.3 Å². The summed E-state index contributed by atoms with van der Waals surface area (Å²) in [5, 5.41) is 2.99. The first-order chi connectivity index (χ1) is 12.1. The van der Waals surface area contributed by atoms with Crippen molar-refractivity contribution in [1.29, 1.82) is 0 Å². The van der Waals surface area contributed by atoms with Gasteiger partial charge in [0.05, 0.1) is 0 Å². The van der Waals surface area contributed by atoms with Crippen molar-refractivity contribution < 1.29 is 9.59 Å². The number of nitrogens with one attached hydrogen (secondary N) is 1. The van der Waals surface area contributed by atoms with Gasteiger partial charge in [0.25, 0.3) is 0 Å². The highest BCUT2D eigenvalue weighted by Gasteiger charge is 2.43. The summed E-state index contributed by atoms with van der Waals surface area (Å²) in [6.07, 6.45) is 8.37. The van der Waals surface area contributed by atoms with Crippen LogP contribution in [0.15, 0.2) is 24.5 Å². The van der Waals surface area contributed by atoms with Crippen LogP contribution in [-0.2, 0) is 16.1 Å². The van der Waals surface area contributed by atoms with E-state index in [-0.39, 0.29) is 11.8 Å². The first-order valence-corrected chi connectivity index (χ1v) is 9.28. The number of rotatable bonds is 4.